The van der Waals surface area contributed by atoms with Crippen LogP contribution in [0.25, 0.3) is 5.76 Å². The monoisotopic (exact) mass is 483 g/mol. The first-order valence-corrected chi connectivity index (χ1v) is 11.9. The molecule has 3 aromatic rings. The fraction of sp³-hybridized carbons (Fsp3) is 0.200. The van der Waals surface area contributed by atoms with Crippen molar-refractivity contribution in [1.29, 1.82) is 0 Å². The van der Waals surface area contributed by atoms with Crippen LogP contribution in [0.1, 0.15) is 29.7 Å². The largest absolute Gasteiger partial charge is 0.507 e. The summed E-state index contributed by atoms with van der Waals surface area (Å²) in [6.45, 7) is 6.68. The number of hydrogen-bond donors (Lipinski definition) is 1. The Morgan fingerprint density at radius 2 is 1.72 bits per heavy atom. The van der Waals surface area contributed by atoms with Crippen molar-refractivity contribution in [1.82, 2.24) is 4.90 Å². The van der Waals surface area contributed by atoms with Crippen LogP contribution in [0.3, 0.4) is 0 Å². The van der Waals surface area contributed by atoms with E-state index in [-0.39, 0.29) is 11.3 Å². The predicted molar refractivity (Wildman–Crippen MR) is 139 cm³/mol. The number of Topliss-reactive ketones (excluding diaryl/α,β-unsaturated/α-hetero) is 1. The number of carbonyl (C=O) groups excluding carboxylic acids is 2. The lowest BCUT2D eigenvalue weighted by Crippen LogP contribution is -2.31. The zero-order valence-corrected chi connectivity index (χ0v) is 20.2. The zero-order valence-electron chi connectivity index (χ0n) is 20.2. The number of aliphatic hydroxyl groups excluding tert-OH is 1. The first kappa shape index (κ1) is 24.8. The summed E-state index contributed by atoms with van der Waals surface area (Å²) in [6.07, 6.45) is 2.23. The van der Waals surface area contributed by atoms with Gasteiger partial charge in [-0.05, 0) is 48.7 Å². The highest BCUT2D eigenvalue weighted by Crippen LogP contribution is 2.40. The summed E-state index contributed by atoms with van der Waals surface area (Å²) >= 11 is 0. The number of ether oxygens (including phenoxy) is 2. The second-order valence-corrected chi connectivity index (χ2v) is 8.36. The number of aliphatic hydroxyl groups is 1. The topological polar surface area (TPSA) is 76.1 Å². The van der Waals surface area contributed by atoms with E-state index in [1.54, 1.807) is 42.5 Å². The van der Waals surface area contributed by atoms with Crippen molar-refractivity contribution >= 4 is 17.4 Å². The first-order valence-electron chi connectivity index (χ1n) is 11.9. The standard InChI is InChI=1S/C30H29NO5/c1-3-19-36-24-15-13-22(14-16-24)27-26(28(32)23-11-8-12-25(20-23)35-4-2)29(33)30(34)31(27)18-17-21-9-6-5-7-10-21/h3,5-16,20,27,32H,1,4,17-19H2,2H3. The fourth-order valence-electron chi connectivity index (χ4n) is 4.31. The number of rotatable bonds is 10. The highest BCUT2D eigenvalue weighted by Gasteiger charge is 2.45. The molecule has 6 heteroatoms. The molecule has 3 aromatic carbocycles. The molecule has 1 fully saturated rings. The lowest BCUT2D eigenvalue weighted by atomic mass is 9.95. The van der Waals surface area contributed by atoms with Gasteiger partial charge in [0.05, 0.1) is 18.2 Å². The maximum Gasteiger partial charge on any atom is 0.295 e. The lowest BCUT2D eigenvalue weighted by Gasteiger charge is -2.25. The van der Waals surface area contributed by atoms with E-state index in [0.29, 0.717) is 48.8 Å². The molecule has 1 aliphatic rings. The van der Waals surface area contributed by atoms with Crippen LogP contribution in [0, 0.1) is 0 Å². The Labute approximate surface area is 211 Å². The van der Waals surface area contributed by atoms with Crippen LogP contribution in [-0.4, -0.2) is 41.5 Å². The minimum absolute atomic E-state index is 0.0569. The van der Waals surface area contributed by atoms with Crippen LogP contribution in [0.5, 0.6) is 11.5 Å². The molecule has 1 atom stereocenters. The van der Waals surface area contributed by atoms with E-state index >= 15 is 0 Å². The Balaban J connectivity index is 1.75. The summed E-state index contributed by atoms with van der Waals surface area (Å²) in [4.78, 5) is 28.0. The third-order valence-electron chi connectivity index (χ3n) is 6.01. The van der Waals surface area contributed by atoms with Gasteiger partial charge in [0, 0.05) is 12.1 Å². The van der Waals surface area contributed by atoms with E-state index in [2.05, 4.69) is 6.58 Å². The normalized spacial score (nSPS) is 16.7. The van der Waals surface area contributed by atoms with Crippen LogP contribution in [0.2, 0.25) is 0 Å². The second kappa shape index (κ2) is 11.4. The molecule has 0 aromatic heterocycles. The van der Waals surface area contributed by atoms with Gasteiger partial charge in [-0.25, -0.2) is 0 Å². The highest BCUT2D eigenvalue weighted by molar-refractivity contribution is 6.46. The van der Waals surface area contributed by atoms with Crippen molar-refractivity contribution in [2.24, 2.45) is 0 Å². The van der Waals surface area contributed by atoms with Crippen molar-refractivity contribution in [3.05, 3.63) is 114 Å². The second-order valence-electron chi connectivity index (χ2n) is 8.36. The lowest BCUT2D eigenvalue weighted by molar-refractivity contribution is -0.139. The number of carbonyl (C=O) groups is 2. The van der Waals surface area contributed by atoms with Gasteiger partial charge in [-0.2, -0.15) is 0 Å². The van der Waals surface area contributed by atoms with Crippen LogP contribution in [0.15, 0.2) is 97.1 Å². The molecule has 1 amide bonds. The average molecular weight is 484 g/mol. The predicted octanol–water partition coefficient (Wildman–Crippen LogP) is 5.31. The molecule has 0 spiro atoms. The van der Waals surface area contributed by atoms with Crippen molar-refractivity contribution < 1.29 is 24.2 Å². The van der Waals surface area contributed by atoms with Crippen LogP contribution in [0.4, 0.5) is 0 Å². The van der Waals surface area contributed by atoms with E-state index in [1.165, 1.54) is 4.90 Å². The molecule has 36 heavy (non-hydrogen) atoms. The van der Waals surface area contributed by atoms with Crippen molar-refractivity contribution in [2.75, 3.05) is 19.8 Å². The average Bonchev–Trinajstić information content (AvgIpc) is 3.16. The van der Waals surface area contributed by atoms with Crippen molar-refractivity contribution in [2.45, 2.75) is 19.4 Å². The van der Waals surface area contributed by atoms with E-state index in [1.807, 2.05) is 49.4 Å². The molecule has 1 N–H and O–H groups in total. The van der Waals surface area contributed by atoms with Crippen LogP contribution >= 0.6 is 0 Å². The van der Waals surface area contributed by atoms with E-state index in [9.17, 15) is 14.7 Å². The quantitative estimate of drug-likeness (QED) is 0.183. The van der Waals surface area contributed by atoms with Crippen molar-refractivity contribution in [3.63, 3.8) is 0 Å². The molecular formula is C30H29NO5. The maximum atomic E-state index is 13.3. The molecule has 0 aliphatic carbocycles. The maximum absolute atomic E-state index is 13.3. The first-order chi connectivity index (χ1) is 17.5. The summed E-state index contributed by atoms with van der Waals surface area (Å²) < 4.78 is 11.1. The molecule has 0 bridgehead atoms. The van der Waals surface area contributed by atoms with Gasteiger partial charge in [-0.3, -0.25) is 9.59 Å². The summed E-state index contributed by atoms with van der Waals surface area (Å²) in [5.41, 5.74) is 2.23. The molecule has 1 heterocycles. The molecular weight excluding hydrogens is 454 g/mol. The van der Waals surface area contributed by atoms with E-state index in [4.69, 9.17) is 9.47 Å². The number of likely N-dealkylation sites (tertiary alicyclic amines) is 1. The van der Waals surface area contributed by atoms with Gasteiger partial charge in [-0.15, -0.1) is 0 Å². The number of amides is 1. The zero-order chi connectivity index (χ0) is 25.5. The van der Waals surface area contributed by atoms with Gasteiger partial charge in [0.25, 0.3) is 11.7 Å². The van der Waals surface area contributed by atoms with Gasteiger partial charge in [0.2, 0.25) is 0 Å². The molecule has 184 valence electrons. The van der Waals surface area contributed by atoms with Crippen LogP contribution in [-0.2, 0) is 16.0 Å². The third kappa shape index (κ3) is 5.33. The summed E-state index contributed by atoms with van der Waals surface area (Å²) in [7, 11) is 0. The van der Waals surface area contributed by atoms with E-state index < -0.39 is 17.7 Å². The smallest absolute Gasteiger partial charge is 0.295 e. The molecule has 4 rings (SSSR count). The summed E-state index contributed by atoms with van der Waals surface area (Å²) in [5, 5.41) is 11.3. The Hall–Kier alpha value is -4.32. The van der Waals surface area contributed by atoms with E-state index in [0.717, 1.165) is 5.56 Å². The summed E-state index contributed by atoms with van der Waals surface area (Å²) in [6, 6.07) is 23.1. The third-order valence-corrected chi connectivity index (χ3v) is 6.01. The minimum Gasteiger partial charge on any atom is -0.507 e. The fourth-order valence-corrected chi connectivity index (χ4v) is 4.31. The van der Waals surface area contributed by atoms with Crippen molar-refractivity contribution in [3.8, 4) is 11.5 Å². The molecule has 0 radical (unpaired) electrons. The van der Waals surface area contributed by atoms with Crippen LogP contribution < -0.4 is 9.47 Å². The molecule has 0 saturated carbocycles. The van der Waals surface area contributed by atoms with Gasteiger partial charge >= 0.3 is 0 Å². The highest BCUT2D eigenvalue weighted by atomic mass is 16.5. The molecule has 1 unspecified atom stereocenters. The Morgan fingerprint density at radius 1 is 0.972 bits per heavy atom. The van der Waals surface area contributed by atoms with Gasteiger partial charge in [-0.1, -0.05) is 67.3 Å². The number of ketones is 1. The molecule has 1 aliphatic heterocycles. The molecule has 6 nitrogen and oxygen atoms in total. The van der Waals surface area contributed by atoms with Gasteiger partial charge in [0.15, 0.2) is 0 Å². The number of nitrogens with zero attached hydrogens (tertiary/aromatic N) is 1. The van der Waals surface area contributed by atoms with Gasteiger partial charge in [0.1, 0.15) is 23.9 Å². The Kier molecular flexibility index (Phi) is 7.85. The number of benzene rings is 3. The van der Waals surface area contributed by atoms with Gasteiger partial charge < -0.3 is 19.5 Å². The Bertz CT molecular complexity index is 1260. The molecule has 1 saturated heterocycles. The number of hydrogen-bond acceptors (Lipinski definition) is 5. The SMILES string of the molecule is C=CCOc1ccc(C2C(=C(O)c3cccc(OCC)c3)C(=O)C(=O)N2CCc2ccccc2)cc1. The summed E-state index contributed by atoms with van der Waals surface area (Å²) in [5.74, 6) is -0.358. The minimum atomic E-state index is -0.738. The Morgan fingerprint density at radius 3 is 2.42 bits per heavy atom.